The lowest BCUT2D eigenvalue weighted by atomic mass is 10.1. The maximum Gasteiger partial charge on any atom is 0.341 e. The summed E-state index contributed by atoms with van der Waals surface area (Å²) in [6.45, 7) is 1.47. The number of aliphatic carboxylic acids is 1. The van der Waals surface area contributed by atoms with Crippen LogP contribution in [0.1, 0.15) is 26.2 Å². The van der Waals surface area contributed by atoms with Crippen molar-refractivity contribution >= 4 is 39.2 Å². The van der Waals surface area contributed by atoms with Crippen LogP contribution in [0, 0.1) is 0 Å². The van der Waals surface area contributed by atoms with Crippen LogP contribution in [0.2, 0.25) is 5.02 Å². The lowest BCUT2D eigenvalue weighted by Gasteiger charge is -2.18. The van der Waals surface area contributed by atoms with E-state index in [-0.39, 0.29) is 4.90 Å². The van der Waals surface area contributed by atoms with Crippen LogP contribution >= 0.6 is 11.6 Å². The zero-order valence-corrected chi connectivity index (χ0v) is 17.9. The molecule has 30 heavy (non-hydrogen) atoms. The molecule has 0 aliphatic rings. The van der Waals surface area contributed by atoms with Crippen LogP contribution in [0.4, 0.5) is 5.69 Å². The molecule has 0 fully saturated rings. The number of carboxylic acid groups (broad SMARTS) is 1. The Morgan fingerprint density at radius 1 is 1.10 bits per heavy atom. The third-order valence-electron chi connectivity index (χ3n) is 4.07. The van der Waals surface area contributed by atoms with E-state index in [1.807, 2.05) is 6.92 Å². The standard InChI is InChI=1S/C20H23ClN2O6S/c1-2-3-4-18(23-30(27,28)17-11-5-14(21)6-12-17)20(26)22-15-7-9-16(10-8-15)29-13-19(24)25/h5-12,18,23H,2-4,13H2,1H3,(H,22,26)(H,24,25)/t18-/m0/s1. The van der Waals surface area contributed by atoms with E-state index in [1.54, 1.807) is 12.1 Å². The smallest absolute Gasteiger partial charge is 0.341 e. The quantitative estimate of drug-likeness (QED) is 0.479. The number of anilines is 1. The van der Waals surface area contributed by atoms with Gasteiger partial charge in [0, 0.05) is 10.7 Å². The monoisotopic (exact) mass is 454 g/mol. The molecule has 2 aromatic rings. The molecule has 0 radical (unpaired) electrons. The Labute approximate surface area is 180 Å². The summed E-state index contributed by atoms with van der Waals surface area (Å²) in [6.07, 6.45) is 1.78. The van der Waals surface area contributed by atoms with Crippen molar-refractivity contribution in [2.75, 3.05) is 11.9 Å². The fourth-order valence-electron chi connectivity index (χ4n) is 2.53. The first kappa shape index (κ1) is 23.7. The second kappa shape index (κ2) is 11.0. The summed E-state index contributed by atoms with van der Waals surface area (Å²) in [4.78, 5) is 23.3. The zero-order chi connectivity index (χ0) is 22.1. The number of hydrogen-bond donors (Lipinski definition) is 3. The molecule has 0 aliphatic carbocycles. The predicted molar refractivity (Wildman–Crippen MR) is 113 cm³/mol. The number of benzene rings is 2. The van der Waals surface area contributed by atoms with Gasteiger partial charge in [0.05, 0.1) is 4.90 Å². The average molecular weight is 455 g/mol. The minimum absolute atomic E-state index is 0.0149. The Balaban J connectivity index is 2.09. The normalized spacial score (nSPS) is 12.2. The molecular formula is C20H23ClN2O6S. The van der Waals surface area contributed by atoms with Gasteiger partial charge in [0.25, 0.3) is 0 Å². The van der Waals surface area contributed by atoms with Crippen LogP contribution in [0.5, 0.6) is 5.75 Å². The van der Waals surface area contributed by atoms with E-state index in [2.05, 4.69) is 10.0 Å². The highest BCUT2D eigenvalue weighted by Gasteiger charge is 2.25. The number of rotatable bonds is 11. The molecule has 0 spiro atoms. The summed E-state index contributed by atoms with van der Waals surface area (Å²) < 4.78 is 32.8. The van der Waals surface area contributed by atoms with Crippen molar-refractivity contribution in [3.8, 4) is 5.75 Å². The molecule has 1 amide bonds. The lowest BCUT2D eigenvalue weighted by Crippen LogP contribution is -2.43. The largest absolute Gasteiger partial charge is 0.482 e. The van der Waals surface area contributed by atoms with Crippen LogP contribution < -0.4 is 14.8 Å². The molecule has 0 saturated carbocycles. The molecule has 0 heterocycles. The molecular weight excluding hydrogens is 432 g/mol. The molecule has 0 aromatic heterocycles. The van der Waals surface area contributed by atoms with Crippen LogP contribution in [0.25, 0.3) is 0 Å². The maximum atomic E-state index is 12.7. The van der Waals surface area contributed by atoms with E-state index in [4.69, 9.17) is 21.4 Å². The molecule has 0 aliphatic heterocycles. The Hall–Kier alpha value is -2.62. The van der Waals surface area contributed by atoms with Gasteiger partial charge in [-0.15, -0.1) is 0 Å². The van der Waals surface area contributed by atoms with Gasteiger partial charge < -0.3 is 15.2 Å². The minimum atomic E-state index is -3.91. The third-order valence-corrected chi connectivity index (χ3v) is 5.81. The van der Waals surface area contributed by atoms with Gasteiger partial charge >= 0.3 is 5.97 Å². The molecule has 162 valence electrons. The van der Waals surface area contributed by atoms with Crippen molar-refractivity contribution in [1.82, 2.24) is 4.72 Å². The lowest BCUT2D eigenvalue weighted by molar-refractivity contribution is -0.139. The Morgan fingerprint density at radius 3 is 2.30 bits per heavy atom. The Bertz CT molecular complexity index is 962. The van der Waals surface area contributed by atoms with E-state index < -0.39 is 34.5 Å². The molecule has 10 heteroatoms. The minimum Gasteiger partial charge on any atom is -0.482 e. The van der Waals surface area contributed by atoms with Gasteiger partial charge in [-0.1, -0.05) is 31.4 Å². The molecule has 0 saturated heterocycles. The fourth-order valence-corrected chi connectivity index (χ4v) is 3.89. The number of carbonyl (C=O) groups is 2. The van der Waals surface area contributed by atoms with Crippen molar-refractivity contribution in [1.29, 1.82) is 0 Å². The van der Waals surface area contributed by atoms with Gasteiger partial charge in [0.2, 0.25) is 15.9 Å². The van der Waals surface area contributed by atoms with Crippen molar-refractivity contribution in [2.45, 2.75) is 37.1 Å². The Morgan fingerprint density at radius 2 is 1.73 bits per heavy atom. The zero-order valence-electron chi connectivity index (χ0n) is 16.3. The van der Waals surface area contributed by atoms with Gasteiger partial charge in [-0.25, -0.2) is 13.2 Å². The number of amides is 1. The van der Waals surface area contributed by atoms with E-state index in [0.717, 1.165) is 6.42 Å². The number of ether oxygens (including phenoxy) is 1. The molecule has 0 bridgehead atoms. The average Bonchev–Trinajstić information content (AvgIpc) is 2.70. The molecule has 0 unspecified atom stereocenters. The van der Waals surface area contributed by atoms with Crippen LogP contribution in [0.3, 0.4) is 0 Å². The highest BCUT2D eigenvalue weighted by molar-refractivity contribution is 7.89. The topological polar surface area (TPSA) is 122 Å². The molecule has 8 nitrogen and oxygen atoms in total. The molecule has 1 atom stereocenters. The van der Waals surface area contributed by atoms with Crippen LogP contribution in [0.15, 0.2) is 53.4 Å². The second-order valence-corrected chi connectivity index (χ2v) is 8.62. The first-order valence-corrected chi connectivity index (χ1v) is 11.1. The van der Waals surface area contributed by atoms with Crippen molar-refractivity contribution in [3.05, 3.63) is 53.6 Å². The second-order valence-electron chi connectivity index (χ2n) is 6.47. The number of unbranched alkanes of at least 4 members (excludes halogenated alkanes) is 1. The van der Waals surface area contributed by atoms with Gasteiger partial charge in [0.15, 0.2) is 6.61 Å². The van der Waals surface area contributed by atoms with E-state index in [0.29, 0.717) is 29.3 Å². The number of sulfonamides is 1. The first-order chi connectivity index (χ1) is 14.2. The summed E-state index contributed by atoms with van der Waals surface area (Å²) in [5.74, 6) is -1.26. The summed E-state index contributed by atoms with van der Waals surface area (Å²) >= 11 is 5.81. The van der Waals surface area contributed by atoms with E-state index in [1.165, 1.54) is 36.4 Å². The van der Waals surface area contributed by atoms with Gasteiger partial charge in [-0.2, -0.15) is 4.72 Å². The van der Waals surface area contributed by atoms with Crippen molar-refractivity contribution < 1.29 is 27.9 Å². The van der Waals surface area contributed by atoms with Crippen LogP contribution in [-0.4, -0.2) is 38.0 Å². The third kappa shape index (κ3) is 7.33. The number of hydrogen-bond acceptors (Lipinski definition) is 5. The van der Waals surface area contributed by atoms with Crippen molar-refractivity contribution in [3.63, 3.8) is 0 Å². The highest BCUT2D eigenvalue weighted by Crippen LogP contribution is 2.18. The van der Waals surface area contributed by atoms with Gasteiger partial charge in [-0.3, -0.25) is 4.79 Å². The number of nitrogens with one attached hydrogen (secondary N) is 2. The SMILES string of the molecule is CCCC[C@H](NS(=O)(=O)c1ccc(Cl)cc1)C(=O)Nc1ccc(OCC(=O)O)cc1. The summed E-state index contributed by atoms with van der Waals surface area (Å²) in [5.41, 5.74) is 0.426. The highest BCUT2D eigenvalue weighted by atomic mass is 35.5. The predicted octanol–water partition coefficient (Wildman–Crippen LogP) is 3.28. The van der Waals surface area contributed by atoms with E-state index in [9.17, 15) is 18.0 Å². The summed E-state index contributed by atoms with van der Waals surface area (Å²) in [6, 6.07) is 10.8. The molecule has 3 N–H and O–H groups in total. The number of carbonyl (C=O) groups excluding carboxylic acids is 1. The fraction of sp³-hybridized carbons (Fsp3) is 0.300. The van der Waals surface area contributed by atoms with Crippen molar-refractivity contribution in [2.24, 2.45) is 0 Å². The first-order valence-electron chi connectivity index (χ1n) is 9.24. The Kier molecular flexibility index (Phi) is 8.64. The number of halogens is 1. The number of carboxylic acids is 1. The molecule has 2 aromatic carbocycles. The molecule has 2 rings (SSSR count). The summed E-state index contributed by atoms with van der Waals surface area (Å²) in [5, 5.41) is 11.7. The van der Waals surface area contributed by atoms with E-state index >= 15 is 0 Å². The van der Waals surface area contributed by atoms with Crippen LogP contribution in [-0.2, 0) is 19.6 Å². The summed E-state index contributed by atoms with van der Waals surface area (Å²) in [7, 11) is -3.91. The van der Waals surface area contributed by atoms with Gasteiger partial charge in [-0.05, 0) is 55.0 Å². The van der Waals surface area contributed by atoms with Gasteiger partial charge in [0.1, 0.15) is 11.8 Å². The maximum absolute atomic E-state index is 12.7.